The molecule has 1 aliphatic heterocycles. The van der Waals surface area contributed by atoms with Gasteiger partial charge in [-0.25, -0.2) is 0 Å². The Morgan fingerprint density at radius 2 is 1.95 bits per heavy atom. The van der Waals surface area contributed by atoms with Gasteiger partial charge < -0.3 is 18.0 Å². The van der Waals surface area contributed by atoms with Gasteiger partial charge in [0.1, 0.15) is 0 Å². The Hall–Kier alpha value is 0.0569. The van der Waals surface area contributed by atoms with Crippen LogP contribution in [0.5, 0.6) is 0 Å². The Morgan fingerprint density at radius 1 is 1.26 bits per heavy atom. The molecule has 0 aromatic carbocycles. The summed E-state index contributed by atoms with van der Waals surface area (Å²) in [7, 11) is 0.977. The lowest BCUT2D eigenvalue weighted by Crippen LogP contribution is -2.44. The van der Waals surface area contributed by atoms with Crippen molar-refractivity contribution in [1.29, 1.82) is 0 Å². The maximum absolute atomic E-state index is 5.95. The molecule has 0 spiro atoms. The minimum Gasteiger partial charge on any atom is -0.377 e. The van der Waals surface area contributed by atoms with E-state index < -0.39 is 8.80 Å². The largest absolute Gasteiger partial charge is 0.500 e. The first-order valence-electron chi connectivity index (χ1n) is 7.51. The van der Waals surface area contributed by atoms with Gasteiger partial charge in [0.05, 0.1) is 12.7 Å². The molecule has 0 radical (unpaired) electrons. The Balaban J connectivity index is 2.27. The molecule has 5 heteroatoms. The van der Waals surface area contributed by atoms with Crippen molar-refractivity contribution in [2.45, 2.75) is 58.1 Å². The molecular weight excluding hydrogens is 260 g/mol. The van der Waals surface area contributed by atoms with Gasteiger partial charge in [-0.1, -0.05) is 33.1 Å². The number of hydrogen-bond acceptors (Lipinski definition) is 4. The van der Waals surface area contributed by atoms with Crippen LogP contribution in [0.25, 0.3) is 0 Å². The van der Waals surface area contributed by atoms with Gasteiger partial charge in [0.15, 0.2) is 0 Å². The van der Waals surface area contributed by atoms with E-state index in [1.807, 2.05) is 0 Å². The highest BCUT2D eigenvalue weighted by Gasteiger charge is 2.39. The summed E-state index contributed by atoms with van der Waals surface area (Å²) in [4.78, 5) is 0. The van der Waals surface area contributed by atoms with Crippen LogP contribution in [0, 0.1) is 5.92 Å². The van der Waals surface area contributed by atoms with Crippen molar-refractivity contribution in [3.63, 3.8) is 0 Å². The summed E-state index contributed by atoms with van der Waals surface area (Å²) >= 11 is 0. The van der Waals surface area contributed by atoms with E-state index in [0.29, 0.717) is 18.6 Å². The van der Waals surface area contributed by atoms with Crippen molar-refractivity contribution in [1.82, 2.24) is 0 Å². The zero-order valence-corrected chi connectivity index (χ0v) is 13.9. The van der Waals surface area contributed by atoms with Crippen molar-refractivity contribution in [2.75, 3.05) is 27.4 Å². The Morgan fingerprint density at radius 3 is 2.47 bits per heavy atom. The lowest BCUT2D eigenvalue weighted by Gasteiger charge is -2.27. The molecule has 4 nitrogen and oxygen atoms in total. The van der Waals surface area contributed by atoms with Gasteiger partial charge in [0, 0.05) is 26.9 Å². The summed E-state index contributed by atoms with van der Waals surface area (Å²) in [6.45, 7) is 6.10. The Kier molecular flexibility index (Phi) is 8.17. The van der Waals surface area contributed by atoms with Crippen molar-refractivity contribution < 1.29 is 18.0 Å². The topological polar surface area (TPSA) is 40.2 Å². The van der Waals surface area contributed by atoms with Crippen LogP contribution in [0.2, 0.25) is 6.04 Å². The van der Waals surface area contributed by atoms with Gasteiger partial charge in [0.2, 0.25) is 0 Å². The molecule has 1 saturated heterocycles. The highest BCUT2D eigenvalue weighted by molar-refractivity contribution is 6.60. The second-order valence-electron chi connectivity index (χ2n) is 5.47. The number of ether oxygens (including phenoxy) is 1. The molecule has 1 rings (SSSR count). The molecule has 2 atom stereocenters. The summed E-state index contributed by atoms with van der Waals surface area (Å²) in [5.41, 5.74) is 0. The fourth-order valence-electron chi connectivity index (χ4n) is 2.18. The molecule has 19 heavy (non-hydrogen) atoms. The van der Waals surface area contributed by atoms with E-state index >= 15 is 0 Å². The quantitative estimate of drug-likeness (QED) is 0.409. The lowest BCUT2D eigenvalue weighted by molar-refractivity contribution is 0.0928. The SMILES string of the molecule is CCCCC(C)CC[Si](OC)(OC)OCCC1CO1. The van der Waals surface area contributed by atoms with Gasteiger partial charge >= 0.3 is 8.80 Å². The molecule has 2 unspecified atom stereocenters. The van der Waals surface area contributed by atoms with Crippen LogP contribution in [0.1, 0.15) is 46.0 Å². The third-order valence-electron chi connectivity index (χ3n) is 3.78. The number of rotatable bonds is 12. The second-order valence-corrected chi connectivity index (χ2v) is 8.44. The minimum atomic E-state index is -2.44. The standard InChI is InChI=1S/C14H30O4Si/c1-5-6-7-13(2)9-11-19(15-3,16-4)18-10-8-14-12-17-14/h13-14H,5-12H2,1-4H3. The van der Waals surface area contributed by atoms with E-state index in [1.54, 1.807) is 14.2 Å². The van der Waals surface area contributed by atoms with E-state index in [1.165, 1.54) is 19.3 Å². The Bertz CT molecular complexity index is 229. The number of unbranched alkanes of at least 4 members (excludes halogenated alkanes) is 1. The fourth-order valence-corrected chi connectivity index (χ4v) is 4.41. The summed E-state index contributed by atoms with van der Waals surface area (Å²) in [6.07, 6.45) is 6.32. The fraction of sp³-hybridized carbons (Fsp3) is 1.00. The molecule has 1 fully saturated rings. The molecule has 0 amide bonds. The van der Waals surface area contributed by atoms with Crippen LogP contribution in [-0.2, 0) is 18.0 Å². The lowest BCUT2D eigenvalue weighted by atomic mass is 10.0. The summed E-state index contributed by atoms with van der Waals surface area (Å²) in [5.74, 6) is 0.715. The van der Waals surface area contributed by atoms with Gasteiger partial charge in [-0.15, -0.1) is 0 Å². The van der Waals surface area contributed by atoms with Gasteiger partial charge in [-0.2, -0.15) is 0 Å². The first-order valence-corrected chi connectivity index (χ1v) is 9.44. The van der Waals surface area contributed by atoms with E-state index in [9.17, 15) is 0 Å². The van der Waals surface area contributed by atoms with Crippen LogP contribution in [0.3, 0.4) is 0 Å². The average Bonchev–Trinajstić information content (AvgIpc) is 3.24. The summed E-state index contributed by atoms with van der Waals surface area (Å²) in [6, 6.07) is 0.913. The first-order chi connectivity index (χ1) is 9.15. The zero-order chi connectivity index (χ0) is 14.1. The summed E-state index contributed by atoms with van der Waals surface area (Å²) < 4.78 is 22.3. The zero-order valence-electron chi connectivity index (χ0n) is 12.9. The Labute approximate surface area is 119 Å². The van der Waals surface area contributed by atoms with Crippen LogP contribution in [-0.4, -0.2) is 42.3 Å². The highest BCUT2D eigenvalue weighted by Crippen LogP contribution is 2.23. The number of hydrogen-bond donors (Lipinski definition) is 0. The molecule has 0 aliphatic carbocycles. The van der Waals surface area contributed by atoms with E-state index in [4.69, 9.17) is 18.0 Å². The predicted molar refractivity (Wildman–Crippen MR) is 78.2 cm³/mol. The minimum absolute atomic E-state index is 0.406. The molecule has 114 valence electrons. The maximum atomic E-state index is 5.95. The van der Waals surface area contributed by atoms with E-state index in [2.05, 4.69) is 13.8 Å². The maximum Gasteiger partial charge on any atom is 0.500 e. The van der Waals surface area contributed by atoms with Crippen LogP contribution < -0.4 is 0 Å². The van der Waals surface area contributed by atoms with Crippen LogP contribution in [0.4, 0.5) is 0 Å². The molecule has 0 aromatic rings. The van der Waals surface area contributed by atoms with Crippen molar-refractivity contribution >= 4 is 8.80 Å². The monoisotopic (exact) mass is 290 g/mol. The first kappa shape index (κ1) is 17.1. The third-order valence-corrected chi connectivity index (χ3v) is 6.57. The predicted octanol–water partition coefficient (Wildman–Crippen LogP) is 3.24. The van der Waals surface area contributed by atoms with Crippen molar-refractivity contribution in [3.8, 4) is 0 Å². The molecule has 1 heterocycles. The smallest absolute Gasteiger partial charge is 0.377 e. The van der Waals surface area contributed by atoms with E-state index in [-0.39, 0.29) is 0 Å². The molecule has 0 bridgehead atoms. The molecule has 1 aliphatic rings. The second kappa shape index (κ2) is 9.08. The summed E-state index contributed by atoms with van der Waals surface area (Å²) in [5, 5.41) is 0. The molecular formula is C14H30O4Si. The molecule has 0 aromatic heterocycles. The van der Waals surface area contributed by atoms with Crippen molar-refractivity contribution in [3.05, 3.63) is 0 Å². The van der Waals surface area contributed by atoms with E-state index in [0.717, 1.165) is 25.5 Å². The van der Waals surface area contributed by atoms with Crippen LogP contribution >= 0.6 is 0 Å². The van der Waals surface area contributed by atoms with Gasteiger partial charge in [0.25, 0.3) is 0 Å². The average molecular weight is 290 g/mol. The molecule has 0 saturated carbocycles. The van der Waals surface area contributed by atoms with Crippen molar-refractivity contribution in [2.24, 2.45) is 5.92 Å². The van der Waals surface area contributed by atoms with Crippen LogP contribution in [0.15, 0.2) is 0 Å². The van der Waals surface area contributed by atoms with Gasteiger partial charge in [-0.3, -0.25) is 0 Å². The van der Waals surface area contributed by atoms with Gasteiger partial charge in [-0.05, 0) is 18.8 Å². The number of epoxide rings is 1. The highest BCUT2D eigenvalue weighted by atomic mass is 28.4. The molecule has 0 N–H and O–H groups in total. The normalized spacial score (nSPS) is 20.5. The third kappa shape index (κ3) is 6.86.